The first-order valence-electron chi connectivity index (χ1n) is 9.56. The lowest BCUT2D eigenvalue weighted by molar-refractivity contribution is 0.0685. The van der Waals surface area contributed by atoms with Crippen LogP contribution in [0.4, 0.5) is 0 Å². The molecule has 5 nitrogen and oxygen atoms in total. The van der Waals surface area contributed by atoms with Gasteiger partial charge in [0.05, 0.1) is 11.0 Å². The standard InChI is InChI=1S/C22H22N4O/c27-22(21-13-17-18-14-23-25-20(18)7-6-19(17)24-21)26-10-8-16(9-11-26)12-15-4-2-1-3-5-15/h1-7,13-14,16,23,25H,8-12H2. The molecule has 0 aliphatic carbocycles. The normalized spacial score (nSPS) is 15.6. The number of H-pyrrole nitrogens is 2. The molecule has 1 fully saturated rings. The third kappa shape index (κ3) is 2.99. The number of carbonyl (C=O) groups is 1. The average Bonchev–Trinajstić information content (AvgIpc) is 3.35. The van der Waals surface area contributed by atoms with Crippen molar-refractivity contribution in [3.8, 4) is 0 Å². The van der Waals surface area contributed by atoms with E-state index in [9.17, 15) is 4.79 Å². The predicted octanol–water partition coefficient (Wildman–Crippen LogP) is 4.14. The molecule has 1 amide bonds. The Bertz CT molecular complexity index is 1090. The van der Waals surface area contributed by atoms with Crippen molar-refractivity contribution in [3.05, 3.63) is 66.0 Å². The van der Waals surface area contributed by atoms with Gasteiger partial charge >= 0.3 is 0 Å². The molecule has 0 bridgehead atoms. The Morgan fingerprint density at radius 3 is 2.70 bits per heavy atom. The first kappa shape index (κ1) is 16.1. The number of nitrogens with one attached hydrogen (secondary N) is 2. The van der Waals surface area contributed by atoms with Crippen LogP contribution < -0.4 is 0 Å². The molecule has 2 N–H and O–H groups in total. The number of amides is 1. The fraction of sp³-hybridized carbons (Fsp3) is 0.273. The molecule has 0 radical (unpaired) electrons. The van der Waals surface area contributed by atoms with Crippen molar-refractivity contribution < 1.29 is 4.79 Å². The molecule has 0 unspecified atom stereocenters. The van der Waals surface area contributed by atoms with Crippen molar-refractivity contribution in [1.29, 1.82) is 0 Å². The van der Waals surface area contributed by atoms with Crippen LogP contribution in [0, 0.1) is 5.92 Å². The van der Waals surface area contributed by atoms with Crippen LogP contribution in [0.5, 0.6) is 0 Å². The number of aromatic amines is 2. The first-order valence-corrected chi connectivity index (χ1v) is 9.56. The Labute approximate surface area is 157 Å². The Balaban J connectivity index is 1.30. The molecule has 4 aromatic rings. The molecule has 5 heteroatoms. The maximum absolute atomic E-state index is 13.0. The second-order valence-corrected chi connectivity index (χ2v) is 7.44. The minimum Gasteiger partial charge on any atom is -0.337 e. The van der Waals surface area contributed by atoms with Gasteiger partial charge in [0.15, 0.2) is 0 Å². The van der Waals surface area contributed by atoms with Gasteiger partial charge in [-0.3, -0.25) is 4.79 Å². The molecule has 1 saturated heterocycles. The number of aromatic nitrogens is 3. The van der Waals surface area contributed by atoms with E-state index in [1.54, 1.807) is 0 Å². The van der Waals surface area contributed by atoms with Gasteiger partial charge in [-0.2, -0.15) is 0 Å². The lowest BCUT2D eigenvalue weighted by atomic mass is 9.90. The maximum atomic E-state index is 13.0. The molecule has 1 aliphatic heterocycles. The van der Waals surface area contributed by atoms with Crippen LogP contribution >= 0.6 is 0 Å². The largest absolute Gasteiger partial charge is 0.337 e. The Morgan fingerprint density at radius 1 is 1.07 bits per heavy atom. The van der Waals surface area contributed by atoms with Crippen LogP contribution in [-0.4, -0.2) is 39.1 Å². The zero-order chi connectivity index (χ0) is 18.2. The number of fused-ring (bicyclic) bond motifs is 3. The lowest BCUT2D eigenvalue weighted by Crippen LogP contribution is -2.39. The summed E-state index contributed by atoms with van der Waals surface area (Å²) in [6.07, 6.45) is 5.13. The molecule has 1 aliphatic rings. The summed E-state index contributed by atoms with van der Waals surface area (Å²) >= 11 is 0. The molecular weight excluding hydrogens is 336 g/mol. The summed E-state index contributed by atoms with van der Waals surface area (Å²) in [5, 5.41) is 8.19. The molecule has 2 aromatic carbocycles. The summed E-state index contributed by atoms with van der Waals surface area (Å²) < 4.78 is 0. The minimum absolute atomic E-state index is 0.0528. The number of benzene rings is 2. The summed E-state index contributed by atoms with van der Waals surface area (Å²) in [7, 11) is 0. The van der Waals surface area contributed by atoms with Crippen molar-refractivity contribution in [2.75, 3.05) is 13.1 Å². The number of carbonyl (C=O) groups excluding carboxylic acids is 1. The van der Waals surface area contributed by atoms with Gasteiger partial charge in [0, 0.05) is 30.1 Å². The Kier molecular flexibility index (Phi) is 3.93. The van der Waals surface area contributed by atoms with Gasteiger partial charge in [-0.05, 0) is 48.9 Å². The van der Waals surface area contributed by atoms with Crippen molar-refractivity contribution >= 4 is 27.7 Å². The van der Waals surface area contributed by atoms with Crippen LogP contribution in [-0.2, 0) is 6.42 Å². The van der Waals surface area contributed by atoms with Gasteiger partial charge < -0.3 is 15.1 Å². The molecule has 0 saturated carbocycles. The topological polar surface area (TPSA) is 64.8 Å². The third-order valence-corrected chi connectivity index (χ3v) is 5.70. The highest BCUT2D eigenvalue weighted by atomic mass is 16.2. The molecule has 0 atom stereocenters. The highest BCUT2D eigenvalue weighted by molar-refractivity contribution is 6.08. The van der Waals surface area contributed by atoms with Gasteiger partial charge in [-0.25, -0.2) is 4.98 Å². The molecule has 2 aromatic heterocycles. The summed E-state index contributed by atoms with van der Waals surface area (Å²) in [4.78, 5) is 19.5. The summed E-state index contributed by atoms with van der Waals surface area (Å²) in [5.41, 5.74) is 3.84. The number of hydrogen-bond acceptors (Lipinski definition) is 2. The van der Waals surface area contributed by atoms with Crippen LogP contribution in [0.3, 0.4) is 0 Å². The van der Waals surface area contributed by atoms with Gasteiger partial charge in [0.1, 0.15) is 5.69 Å². The highest BCUT2D eigenvalue weighted by Gasteiger charge is 2.25. The van der Waals surface area contributed by atoms with Crippen LogP contribution in [0.2, 0.25) is 0 Å². The van der Waals surface area contributed by atoms with Crippen molar-refractivity contribution in [2.24, 2.45) is 5.92 Å². The molecule has 27 heavy (non-hydrogen) atoms. The van der Waals surface area contributed by atoms with E-state index in [0.717, 1.165) is 54.2 Å². The van der Waals surface area contributed by atoms with Crippen LogP contribution in [0.15, 0.2) is 54.7 Å². The van der Waals surface area contributed by atoms with E-state index in [0.29, 0.717) is 11.6 Å². The smallest absolute Gasteiger partial charge is 0.272 e. The van der Waals surface area contributed by atoms with E-state index >= 15 is 0 Å². The molecule has 3 heterocycles. The third-order valence-electron chi connectivity index (χ3n) is 5.70. The van der Waals surface area contributed by atoms with E-state index in [-0.39, 0.29) is 5.91 Å². The number of likely N-dealkylation sites (tertiary alicyclic amines) is 1. The zero-order valence-electron chi connectivity index (χ0n) is 15.1. The van der Waals surface area contributed by atoms with E-state index in [1.807, 2.05) is 29.3 Å². The fourth-order valence-electron chi connectivity index (χ4n) is 4.18. The number of rotatable bonds is 3. The molecule has 0 spiro atoms. The van der Waals surface area contributed by atoms with E-state index in [1.165, 1.54) is 5.56 Å². The number of nitrogens with zero attached hydrogens (tertiary/aromatic N) is 2. The van der Waals surface area contributed by atoms with Crippen LogP contribution in [0.25, 0.3) is 21.8 Å². The summed E-state index contributed by atoms with van der Waals surface area (Å²) in [6, 6.07) is 16.5. The lowest BCUT2D eigenvalue weighted by Gasteiger charge is -2.31. The predicted molar refractivity (Wildman–Crippen MR) is 107 cm³/mol. The average molecular weight is 358 g/mol. The van der Waals surface area contributed by atoms with E-state index < -0.39 is 0 Å². The summed E-state index contributed by atoms with van der Waals surface area (Å²) in [6.45, 7) is 1.62. The number of piperidine rings is 1. The van der Waals surface area contributed by atoms with E-state index in [4.69, 9.17) is 0 Å². The van der Waals surface area contributed by atoms with Crippen molar-refractivity contribution in [1.82, 2.24) is 20.1 Å². The molecule has 136 valence electrons. The van der Waals surface area contributed by atoms with Gasteiger partial charge in [-0.1, -0.05) is 30.3 Å². The minimum atomic E-state index is 0.0528. The Morgan fingerprint density at radius 2 is 1.89 bits per heavy atom. The zero-order valence-corrected chi connectivity index (χ0v) is 15.1. The van der Waals surface area contributed by atoms with Gasteiger partial charge in [0.25, 0.3) is 5.91 Å². The monoisotopic (exact) mass is 358 g/mol. The second kappa shape index (κ2) is 6.58. The maximum Gasteiger partial charge on any atom is 0.272 e. The van der Waals surface area contributed by atoms with Crippen molar-refractivity contribution in [3.63, 3.8) is 0 Å². The fourth-order valence-corrected chi connectivity index (χ4v) is 4.18. The second-order valence-electron chi connectivity index (χ2n) is 7.44. The van der Waals surface area contributed by atoms with Gasteiger partial charge in [0.2, 0.25) is 0 Å². The molecular formula is C22H22N4O. The Hall–Kier alpha value is -3.08. The summed E-state index contributed by atoms with van der Waals surface area (Å²) in [5.74, 6) is 0.704. The van der Waals surface area contributed by atoms with Crippen molar-refractivity contribution in [2.45, 2.75) is 19.3 Å². The molecule has 5 rings (SSSR count). The van der Waals surface area contributed by atoms with E-state index in [2.05, 4.69) is 45.5 Å². The quantitative estimate of drug-likeness (QED) is 0.578. The first-order chi connectivity index (χ1) is 13.3. The number of hydrogen-bond donors (Lipinski definition) is 2. The van der Waals surface area contributed by atoms with Gasteiger partial charge in [-0.15, -0.1) is 0 Å². The van der Waals surface area contributed by atoms with Crippen LogP contribution in [0.1, 0.15) is 28.9 Å². The SMILES string of the molecule is O=C(c1cc2c(ccc3[nH][nH]cc32)n1)N1CCC(Cc2ccccc2)CC1. The highest BCUT2D eigenvalue weighted by Crippen LogP contribution is 2.27.